The Labute approximate surface area is 140 Å². The van der Waals surface area contributed by atoms with Crippen LogP contribution in [0, 0.1) is 5.82 Å². The van der Waals surface area contributed by atoms with Crippen LogP contribution in [0.1, 0.15) is 5.56 Å². The number of benzene rings is 1. The highest BCUT2D eigenvalue weighted by molar-refractivity contribution is 9.12. The maximum atomic E-state index is 14.4. The van der Waals surface area contributed by atoms with Gasteiger partial charge in [-0.25, -0.2) is 13.2 Å². The minimum absolute atomic E-state index is 0.0843. The van der Waals surface area contributed by atoms with E-state index in [0.717, 1.165) is 0 Å². The third-order valence-electron chi connectivity index (χ3n) is 3.16. The number of methoxy groups -OCH3 is 1. The van der Waals surface area contributed by atoms with Gasteiger partial charge in [0.15, 0.2) is 6.79 Å². The summed E-state index contributed by atoms with van der Waals surface area (Å²) in [6.07, 6.45) is 0.564. The van der Waals surface area contributed by atoms with Crippen molar-refractivity contribution in [3.05, 3.63) is 58.5 Å². The predicted molar refractivity (Wildman–Crippen MR) is 85.7 cm³/mol. The standard InChI is InChI=1S/C16H15BrF3NO2/c1-10-11(17)6-7-13(21(10)8-15(19)20)16-12(18)4-3-5-14(16)23-9-22-2/h3-7,15H,1,8-9H2,2H3. The number of allylic oxidation sites excluding steroid dienone is 3. The first-order valence-electron chi connectivity index (χ1n) is 6.68. The van der Waals surface area contributed by atoms with E-state index in [1.807, 2.05) is 0 Å². The maximum absolute atomic E-state index is 14.4. The first-order chi connectivity index (χ1) is 11.0. The van der Waals surface area contributed by atoms with Crippen LogP contribution in [0.15, 0.2) is 47.1 Å². The predicted octanol–water partition coefficient (Wildman–Crippen LogP) is 4.52. The van der Waals surface area contributed by atoms with Crippen LogP contribution in [0.5, 0.6) is 5.75 Å². The Balaban J connectivity index is 2.51. The summed E-state index contributed by atoms with van der Waals surface area (Å²) >= 11 is 3.25. The zero-order valence-electron chi connectivity index (χ0n) is 12.4. The third-order valence-corrected chi connectivity index (χ3v) is 3.89. The average molecular weight is 390 g/mol. The number of hydrogen-bond acceptors (Lipinski definition) is 3. The minimum atomic E-state index is -2.61. The van der Waals surface area contributed by atoms with Gasteiger partial charge < -0.3 is 14.4 Å². The van der Waals surface area contributed by atoms with Gasteiger partial charge in [-0.1, -0.05) is 12.6 Å². The van der Waals surface area contributed by atoms with Crippen molar-refractivity contribution in [1.29, 1.82) is 0 Å². The van der Waals surface area contributed by atoms with Crippen LogP contribution in [0.2, 0.25) is 0 Å². The minimum Gasteiger partial charge on any atom is -0.467 e. The Kier molecular flexibility index (Phi) is 5.90. The quantitative estimate of drug-likeness (QED) is 0.667. The van der Waals surface area contributed by atoms with E-state index < -0.39 is 18.8 Å². The van der Waals surface area contributed by atoms with Crippen LogP contribution in [-0.2, 0) is 4.74 Å². The van der Waals surface area contributed by atoms with Crippen molar-refractivity contribution in [3.63, 3.8) is 0 Å². The molecule has 7 heteroatoms. The highest BCUT2D eigenvalue weighted by Crippen LogP contribution is 2.38. The molecule has 0 N–H and O–H groups in total. The van der Waals surface area contributed by atoms with Crippen LogP contribution < -0.4 is 4.74 Å². The largest absolute Gasteiger partial charge is 0.467 e. The van der Waals surface area contributed by atoms with Crippen molar-refractivity contribution in [2.75, 3.05) is 20.4 Å². The summed E-state index contributed by atoms with van der Waals surface area (Å²) in [5.74, 6) is -0.375. The van der Waals surface area contributed by atoms with Crippen molar-refractivity contribution >= 4 is 21.6 Å². The molecule has 0 saturated carbocycles. The van der Waals surface area contributed by atoms with Crippen molar-refractivity contribution in [2.45, 2.75) is 6.43 Å². The van der Waals surface area contributed by atoms with Crippen LogP contribution >= 0.6 is 15.9 Å². The lowest BCUT2D eigenvalue weighted by Gasteiger charge is -2.32. The van der Waals surface area contributed by atoms with Gasteiger partial charge in [-0.05, 0) is 40.2 Å². The highest BCUT2D eigenvalue weighted by Gasteiger charge is 2.27. The fourth-order valence-corrected chi connectivity index (χ4v) is 2.52. The molecule has 0 unspecified atom stereocenters. The van der Waals surface area contributed by atoms with Gasteiger partial charge in [-0.2, -0.15) is 0 Å². The molecule has 0 spiro atoms. The first-order valence-corrected chi connectivity index (χ1v) is 7.48. The summed E-state index contributed by atoms with van der Waals surface area (Å²) in [5, 5.41) is 0. The number of ether oxygens (including phenoxy) is 2. The lowest BCUT2D eigenvalue weighted by atomic mass is 10.0. The topological polar surface area (TPSA) is 21.7 Å². The second-order valence-corrected chi connectivity index (χ2v) is 5.53. The Hall–Kier alpha value is -1.73. The van der Waals surface area contributed by atoms with Gasteiger partial charge in [-0.3, -0.25) is 0 Å². The van der Waals surface area contributed by atoms with Gasteiger partial charge in [0.1, 0.15) is 11.6 Å². The first kappa shape index (κ1) is 17.6. The van der Waals surface area contributed by atoms with E-state index in [-0.39, 0.29) is 23.8 Å². The summed E-state index contributed by atoms with van der Waals surface area (Å²) in [6.45, 7) is 3.09. The van der Waals surface area contributed by atoms with Crippen LogP contribution in [0.3, 0.4) is 0 Å². The van der Waals surface area contributed by atoms with Crippen molar-refractivity contribution < 1.29 is 22.6 Å². The van der Waals surface area contributed by atoms with Gasteiger partial charge in [0.2, 0.25) is 0 Å². The van der Waals surface area contributed by atoms with E-state index in [9.17, 15) is 13.2 Å². The molecule has 2 rings (SSSR count). The fraction of sp³-hybridized carbons (Fsp3) is 0.250. The Morgan fingerprint density at radius 2 is 2.04 bits per heavy atom. The maximum Gasteiger partial charge on any atom is 0.256 e. The number of hydrogen-bond donors (Lipinski definition) is 0. The smallest absolute Gasteiger partial charge is 0.256 e. The molecule has 0 aromatic heterocycles. The molecule has 1 aliphatic rings. The van der Waals surface area contributed by atoms with E-state index in [1.165, 1.54) is 24.1 Å². The summed E-state index contributed by atoms with van der Waals surface area (Å²) < 4.78 is 50.9. The molecule has 1 aliphatic heterocycles. The van der Waals surface area contributed by atoms with E-state index in [2.05, 4.69) is 22.5 Å². The number of alkyl halides is 2. The second kappa shape index (κ2) is 7.70. The van der Waals surface area contributed by atoms with Crippen LogP contribution in [0.25, 0.3) is 5.70 Å². The molecule has 23 heavy (non-hydrogen) atoms. The van der Waals surface area contributed by atoms with E-state index in [4.69, 9.17) is 9.47 Å². The van der Waals surface area contributed by atoms with E-state index in [1.54, 1.807) is 18.2 Å². The molecular formula is C16H15BrF3NO2. The lowest BCUT2D eigenvalue weighted by Crippen LogP contribution is -2.29. The molecule has 0 bridgehead atoms. The van der Waals surface area contributed by atoms with Crippen molar-refractivity contribution in [1.82, 2.24) is 4.90 Å². The number of halogens is 4. The monoisotopic (exact) mass is 389 g/mol. The molecule has 0 atom stereocenters. The molecule has 124 valence electrons. The molecule has 1 heterocycles. The van der Waals surface area contributed by atoms with Crippen LogP contribution in [-0.4, -0.2) is 31.8 Å². The van der Waals surface area contributed by atoms with Gasteiger partial charge in [-0.15, -0.1) is 0 Å². The molecule has 0 radical (unpaired) electrons. The van der Waals surface area contributed by atoms with Gasteiger partial charge in [0, 0.05) is 17.3 Å². The van der Waals surface area contributed by atoms with Crippen molar-refractivity contribution in [2.24, 2.45) is 0 Å². The SMILES string of the molecule is C=C1C(Br)=CC=C(c2c(F)cccc2OCOC)N1CC(F)F. The Morgan fingerprint density at radius 1 is 1.30 bits per heavy atom. The number of rotatable bonds is 6. The lowest BCUT2D eigenvalue weighted by molar-refractivity contribution is 0.0505. The summed E-state index contributed by atoms with van der Waals surface area (Å²) in [4.78, 5) is 1.26. The molecule has 1 aromatic rings. The third kappa shape index (κ3) is 3.97. The van der Waals surface area contributed by atoms with Gasteiger partial charge in [0.05, 0.1) is 17.8 Å². The van der Waals surface area contributed by atoms with Crippen molar-refractivity contribution in [3.8, 4) is 5.75 Å². The summed E-state index contributed by atoms with van der Waals surface area (Å²) in [7, 11) is 1.43. The average Bonchev–Trinajstić information content (AvgIpc) is 2.50. The van der Waals surface area contributed by atoms with Crippen LogP contribution in [0.4, 0.5) is 13.2 Å². The molecule has 0 fully saturated rings. The van der Waals surface area contributed by atoms with E-state index in [0.29, 0.717) is 10.2 Å². The summed E-state index contributed by atoms with van der Waals surface area (Å²) in [6, 6.07) is 4.27. The molecule has 3 nitrogen and oxygen atoms in total. The van der Waals surface area contributed by atoms with E-state index >= 15 is 0 Å². The fourth-order valence-electron chi connectivity index (χ4n) is 2.17. The van der Waals surface area contributed by atoms with Gasteiger partial charge in [0.25, 0.3) is 6.43 Å². The number of nitrogens with zero attached hydrogens (tertiary/aromatic N) is 1. The van der Waals surface area contributed by atoms with Gasteiger partial charge >= 0.3 is 0 Å². The molecule has 0 aliphatic carbocycles. The summed E-state index contributed by atoms with van der Waals surface area (Å²) in [5.41, 5.74) is 0.661. The molecular weight excluding hydrogens is 375 g/mol. The zero-order valence-corrected chi connectivity index (χ0v) is 13.9. The molecule has 1 aromatic carbocycles. The highest BCUT2D eigenvalue weighted by atomic mass is 79.9. The Morgan fingerprint density at radius 3 is 2.70 bits per heavy atom. The molecule has 0 amide bonds. The second-order valence-electron chi connectivity index (χ2n) is 4.68. The molecule has 0 saturated heterocycles. The zero-order chi connectivity index (χ0) is 17.0. The normalized spacial score (nSPS) is 14.9. The Bertz CT molecular complexity index is 659.